The molecule has 0 N–H and O–H groups in total. The standard InChI is InChI=1S/C18H22O8S/c1-10-5-7-11(8-6-10)27(21,22)18-9-12(18)26-17(25-4)14(18)13(15(19)23-2)16(20)24-3/h5-8,12-14,17H,9H2,1-4H3/t12-,14-,17+,18-/m1/s1. The Kier molecular flexibility index (Phi) is 5.04. The number of sulfone groups is 1. The molecule has 8 nitrogen and oxygen atoms in total. The molecule has 1 saturated carbocycles. The van der Waals surface area contributed by atoms with Crippen molar-refractivity contribution in [1.82, 2.24) is 0 Å². The summed E-state index contributed by atoms with van der Waals surface area (Å²) in [4.78, 5) is 24.8. The van der Waals surface area contributed by atoms with Crippen molar-refractivity contribution in [2.45, 2.75) is 35.4 Å². The number of methoxy groups -OCH3 is 3. The Bertz CT molecular complexity index is 831. The van der Waals surface area contributed by atoms with Crippen LogP contribution in [0.15, 0.2) is 29.2 Å². The quantitative estimate of drug-likeness (QED) is 0.513. The van der Waals surface area contributed by atoms with Crippen molar-refractivity contribution < 1.29 is 37.0 Å². The predicted molar refractivity (Wildman–Crippen MR) is 92.4 cm³/mol. The summed E-state index contributed by atoms with van der Waals surface area (Å²) in [6.07, 6.45) is -1.55. The molecule has 1 aliphatic heterocycles. The summed E-state index contributed by atoms with van der Waals surface area (Å²) in [7, 11) is -0.336. The first kappa shape index (κ1) is 19.8. The second-order valence-corrected chi connectivity index (χ2v) is 8.99. The van der Waals surface area contributed by atoms with Gasteiger partial charge in [0.25, 0.3) is 0 Å². The minimum Gasteiger partial charge on any atom is -0.468 e. The average Bonchev–Trinajstić information content (AvgIpc) is 3.31. The van der Waals surface area contributed by atoms with Gasteiger partial charge in [0, 0.05) is 7.11 Å². The van der Waals surface area contributed by atoms with Crippen LogP contribution < -0.4 is 0 Å². The number of hydrogen-bond donors (Lipinski definition) is 0. The third-order valence-electron chi connectivity index (χ3n) is 5.38. The lowest BCUT2D eigenvalue weighted by Gasteiger charge is -2.30. The van der Waals surface area contributed by atoms with Crippen molar-refractivity contribution in [2.24, 2.45) is 11.8 Å². The molecule has 0 aromatic heterocycles. The van der Waals surface area contributed by atoms with Gasteiger partial charge in [-0.15, -0.1) is 0 Å². The second-order valence-electron chi connectivity index (χ2n) is 6.75. The maximum Gasteiger partial charge on any atom is 0.320 e. The summed E-state index contributed by atoms with van der Waals surface area (Å²) in [6, 6.07) is 6.41. The molecule has 2 fully saturated rings. The number of esters is 2. The molecule has 0 spiro atoms. The van der Waals surface area contributed by atoms with Crippen molar-refractivity contribution in [3.63, 3.8) is 0 Å². The van der Waals surface area contributed by atoms with Crippen LogP contribution in [0.1, 0.15) is 12.0 Å². The molecular weight excluding hydrogens is 376 g/mol. The zero-order chi connectivity index (χ0) is 20.0. The number of hydrogen-bond acceptors (Lipinski definition) is 8. The first-order chi connectivity index (χ1) is 12.7. The van der Waals surface area contributed by atoms with Crippen molar-refractivity contribution in [3.05, 3.63) is 29.8 Å². The Morgan fingerprint density at radius 2 is 1.67 bits per heavy atom. The van der Waals surface area contributed by atoms with Crippen LogP contribution in [-0.4, -0.2) is 58.8 Å². The highest BCUT2D eigenvalue weighted by atomic mass is 32.2. The van der Waals surface area contributed by atoms with Crippen LogP contribution in [0.4, 0.5) is 0 Å². The number of ether oxygens (including phenoxy) is 4. The minimum atomic E-state index is -3.92. The lowest BCUT2D eigenvalue weighted by atomic mass is 9.87. The lowest BCUT2D eigenvalue weighted by molar-refractivity contribution is -0.176. The van der Waals surface area contributed by atoms with E-state index >= 15 is 0 Å². The van der Waals surface area contributed by atoms with Gasteiger partial charge in [-0.3, -0.25) is 9.59 Å². The molecule has 3 rings (SSSR count). The van der Waals surface area contributed by atoms with E-state index in [1.165, 1.54) is 19.2 Å². The van der Waals surface area contributed by atoms with Crippen LogP contribution in [0.2, 0.25) is 0 Å². The Hall–Kier alpha value is -1.97. The summed E-state index contributed by atoms with van der Waals surface area (Å²) in [5.74, 6) is -4.33. The number of carbonyl (C=O) groups is 2. The van der Waals surface area contributed by atoms with E-state index in [0.717, 1.165) is 19.8 Å². The fourth-order valence-electron chi connectivity index (χ4n) is 3.91. The Balaban J connectivity index is 2.11. The highest BCUT2D eigenvalue weighted by Crippen LogP contribution is 2.63. The van der Waals surface area contributed by atoms with E-state index in [4.69, 9.17) is 18.9 Å². The summed E-state index contributed by atoms with van der Waals surface area (Å²) >= 11 is 0. The second kappa shape index (κ2) is 6.88. The fourth-order valence-corrected chi connectivity index (χ4v) is 6.22. The van der Waals surface area contributed by atoms with Gasteiger partial charge in [0.2, 0.25) is 0 Å². The smallest absolute Gasteiger partial charge is 0.320 e. The highest BCUT2D eigenvalue weighted by molar-refractivity contribution is 7.93. The predicted octanol–water partition coefficient (Wildman–Crippen LogP) is 0.861. The first-order valence-electron chi connectivity index (χ1n) is 8.39. The molecule has 1 saturated heterocycles. The third-order valence-corrected chi connectivity index (χ3v) is 7.97. The van der Waals surface area contributed by atoms with E-state index in [-0.39, 0.29) is 11.3 Å². The summed E-state index contributed by atoms with van der Waals surface area (Å²) in [6.45, 7) is 1.85. The van der Waals surface area contributed by atoms with Crippen LogP contribution in [0, 0.1) is 18.8 Å². The molecule has 0 radical (unpaired) electrons. The van der Waals surface area contributed by atoms with Gasteiger partial charge >= 0.3 is 11.9 Å². The maximum atomic E-state index is 13.5. The number of carbonyl (C=O) groups excluding carboxylic acids is 2. The summed E-state index contributed by atoms with van der Waals surface area (Å²) in [5.41, 5.74) is 0.912. The summed E-state index contributed by atoms with van der Waals surface area (Å²) in [5, 5.41) is 0. The van der Waals surface area contributed by atoms with Crippen LogP contribution in [-0.2, 0) is 38.4 Å². The Morgan fingerprint density at radius 1 is 1.11 bits per heavy atom. The van der Waals surface area contributed by atoms with E-state index in [0.29, 0.717) is 0 Å². The fraction of sp³-hybridized carbons (Fsp3) is 0.556. The molecular formula is C18H22O8S. The van der Waals surface area contributed by atoms with Crippen LogP contribution in [0.25, 0.3) is 0 Å². The normalized spacial score (nSPS) is 29.3. The molecule has 0 bridgehead atoms. The van der Waals surface area contributed by atoms with Gasteiger partial charge in [-0.25, -0.2) is 8.42 Å². The maximum absolute atomic E-state index is 13.5. The topological polar surface area (TPSA) is 105 Å². The molecule has 1 aliphatic carbocycles. The van der Waals surface area contributed by atoms with Crippen LogP contribution in [0.3, 0.4) is 0 Å². The average molecular weight is 398 g/mol. The number of rotatable bonds is 6. The van der Waals surface area contributed by atoms with Gasteiger partial charge in [-0.05, 0) is 25.5 Å². The van der Waals surface area contributed by atoms with E-state index in [2.05, 4.69) is 0 Å². The molecule has 1 aromatic rings. The molecule has 0 unspecified atom stereocenters. The Labute approximate surface area is 157 Å². The van der Waals surface area contributed by atoms with E-state index in [1.807, 2.05) is 6.92 Å². The van der Waals surface area contributed by atoms with Crippen molar-refractivity contribution in [1.29, 1.82) is 0 Å². The van der Waals surface area contributed by atoms with Gasteiger partial charge < -0.3 is 18.9 Å². The van der Waals surface area contributed by atoms with Gasteiger partial charge in [0.05, 0.1) is 31.1 Å². The SMILES string of the molecule is COC(=O)C(C(=O)OC)[C@@H]1[C@@H](OC)O[C@@H]2C[C@]12S(=O)(=O)c1ccc(C)cc1. The van der Waals surface area contributed by atoms with Gasteiger partial charge in [-0.2, -0.15) is 0 Å². The van der Waals surface area contributed by atoms with Crippen molar-refractivity contribution in [3.8, 4) is 0 Å². The number of aryl methyl sites for hydroxylation is 1. The van der Waals surface area contributed by atoms with Gasteiger partial charge in [0.15, 0.2) is 22.0 Å². The lowest BCUT2D eigenvalue weighted by Crippen LogP contribution is -2.48. The molecule has 1 aromatic carbocycles. The van der Waals surface area contributed by atoms with Crippen LogP contribution in [0.5, 0.6) is 0 Å². The van der Waals surface area contributed by atoms with E-state index < -0.39 is 50.8 Å². The highest BCUT2D eigenvalue weighted by Gasteiger charge is 2.78. The van der Waals surface area contributed by atoms with Crippen molar-refractivity contribution in [2.75, 3.05) is 21.3 Å². The van der Waals surface area contributed by atoms with E-state index in [9.17, 15) is 18.0 Å². The molecule has 1 heterocycles. The first-order valence-corrected chi connectivity index (χ1v) is 9.88. The van der Waals surface area contributed by atoms with E-state index in [1.54, 1.807) is 12.1 Å². The third kappa shape index (κ3) is 2.84. The molecule has 27 heavy (non-hydrogen) atoms. The number of benzene rings is 1. The van der Waals surface area contributed by atoms with Gasteiger partial charge in [0.1, 0.15) is 4.75 Å². The van der Waals surface area contributed by atoms with Gasteiger partial charge in [-0.1, -0.05) is 17.7 Å². The molecule has 9 heteroatoms. The van der Waals surface area contributed by atoms with Crippen molar-refractivity contribution >= 4 is 21.8 Å². The largest absolute Gasteiger partial charge is 0.468 e. The monoisotopic (exact) mass is 398 g/mol. The zero-order valence-electron chi connectivity index (χ0n) is 15.5. The van der Waals surface area contributed by atoms with Crippen LogP contribution >= 0.6 is 0 Å². The number of fused-ring (bicyclic) bond motifs is 1. The molecule has 4 atom stereocenters. The molecule has 0 amide bonds. The summed E-state index contributed by atoms with van der Waals surface area (Å²) < 4.78 is 45.9. The molecule has 148 valence electrons. The molecule has 2 aliphatic rings. The zero-order valence-corrected chi connectivity index (χ0v) is 16.3. The minimum absolute atomic E-state index is 0.106. The Morgan fingerprint density at radius 3 is 2.15 bits per heavy atom.